The van der Waals surface area contributed by atoms with E-state index in [0.717, 1.165) is 9.26 Å². The van der Waals surface area contributed by atoms with Crippen molar-refractivity contribution in [1.82, 2.24) is 0 Å². The smallest absolute Gasteiger partial charge is 0.255 e. The molecule has 0 bridgehead atoms. The quantitative estimate of drug-likeness (QED) is 0.572. The van der Waals surface area contributed by atoms with Crippen molar-refractivity contribution in [2.75, 3.05) is 11.1 Å². The molecular formula is C13H9Cl2IN2O. The molecule has 0 aliphatic rings. The molecule has 0 aromatic heterocycles. The maximum Gasteiger partial charge on any atom is 0.255 e. The number of nitrogen functional groups attached to an aromatic ring is 1. The summed E-state index contributed by atoms with van der Waals surface area (Å²) in [5, 5.41) is 3.32. The molecule has 6 heteroatoms. The van der Waals surface area contributed by atoms with E-state index >= 15 is 0 Å². The highest BCUT2D eigenvalue weighted by Gasteiger charge is 2.12. The lowest BCUT2D eigenvalue weighted by molar-refractivity contribution is 0.102. The molecule has 2 rings (SSSR count). The molecule has 98 valence electrons. The van der Waals surface area contributed by atoms with E-state index in [4.69, 9.17) is 28.9 Å². The Morgan fingerprint density at radius 2 is 1.74 bits per heavy atom. The molecule has 0 heterocycles. The van der Waals surface area contributed by atoms with E-state index in [0.29, 0.717) is 5.56 Å². The summed E-state index contributed by atoms with van der Waals surface area (Å²) in [6, 6.07) is 10.5. The van der Waals surface area contributed by atoms with E-state index in [1.54, 1.807) is 0 Å². The van der Waals surface area contributed by atoms with Gasteiger partial charge in [0.2, 0.25) is 0 Å². The van der Waals surface area contributed by atoms with E-state index in [1.807, 2.05) is 24.3 Å². The van der Waals surface area contributed by atoms with Gasteiger partial charge in [0, 0.05) is 9.13 Å². The molecule has 0 unspecified atom stereocenters. The molecule has 2 aromatic carbocycles. The zero-order chi connectivity index (χ0) is 14.0. The molecule has 19 heavy (non-hydrogen) atoms. The fourth-order valence-electron chi connectivity index (χ4n) is 1.47. The molecule has 0 aliphatic carbocycles. The summed E-state index contributed by atoms with van der Waals surface area (Å²) in [5.41, 5.74) is 7.00. The predicted molar refractivity (Wildman–Crippen MR) is 88.0 cm³/mol. The molecule has 0 saturated carbocycles. The summed E-state index contributed by atoms with van der Waals surface area (Å²) in [7, 11) is 0. The SMILES string of the molecule is Nc1c(Cl)cc(C(=O)Nc2ccccc2I)cc1Cl. The molecule has 0 fully saturated rings. The predicted octanol–water partition coefficient (Wildman–Crippen LogP) is 4.43. The number of halogens is 3. The number of para-hydroxylation sites is 1. The summed E-state index contributed by atoms with van der Waals surface area (Å²) in [4.78, 5) is 12.1. The summed E-state index contributed by atoms with van der Waals surface area (Å²) in [6.07, 6.45) is 0. The highest BCUT2D eigenvalue weighted by Crippen LogP contribution is 2.29. The van der Waals surface area contributed by atoms with Crippen molar-refractivity contribution in [3.05, 3.63) is 55.6 Å². The Bertz CT molecular complexity index is 623. The van der Waals surface area contributed by atoms with Gasteiger partial charge in [0.25, 0.3) is 5.91 Å². The number of nitrogens with two attached hydrogens (primary N) is 1. The van der Waals surface area contributed by atoms with E-state index in [2.05, 4.69) is 27.9 Å². The van der Waals surface area contributed by atoms with Gasteiger partial charge < -0.3 is 11.1 Å². The van der Waals surface area contributed by atoms with Gasteiger partial charge in [-0.15, -0.1) is 0 Å². The molecule has 0 spiro atoms. The van der Waals surface area contributed by atoms with E-state index in [9.17, 15) is 4.79 Å². The minimum Gasteiger partial charge on any atom is -0.396 e. The highest BCUT2D eigenvalue weighted by molar-refractivity contribution is 14.1. The van der Waals surface area contributed by atoms with Gasteiger partial charge in [-0.2, -0.15) is 0 Å². The molecule has 0 atom stereocenters. The van der Waals surface area contributed by atoms with Crippen LogP contribution < -0.4 is 11.1 Å². The first-order chi connectivity index (χ1) is 8.99. The molecule has 1 amide bonds. The number of anilines is 2. The van der Waals surface area contributed by atoms with Crippen LogP contribution in [0.2, 0.25) is 10.0 Å². The summed E-state index contributed by atoms with van der Waals surface area (Å²) in [6.45, 7) is 0. The van der Waals surface area contributed by atoms with Crippen molar-refractivity contribution in [1.29, 1.82) is 0 Å². The van der Waals surface area contributed by atoms with E-state index < -0.39 is 0 Å². The van der Waals surface area contributed by atoms with Gasteiger partial charge in [-0.3, -0.25) is 4.79 Å². The molecule has 2 aromatic rings. The van der Waals surface area contributed by atoms with Gasteiger partial charge in [0.1, 0.15) is 0 Å². The zero-order valence-electron chi connectivity index (χ0n) is 9.58. The first-order valence-electron chi connectivity index (χ1n) is 5.29. The number of nitrogens with one attached hydrogen (secondary N) is 1. The van der Waals surface area contributed by atoms with Crippen molar-refractivity contribution in [2.24, 2.45) is 0 Å². The Labute approximate surface area is 134 Å². The van der Waals surface area contributed by atoms with Gasteiger partial charge in [0.05, 0.1) is 21.4 Å². The largest absolute Gasteiger partial charge is 0.396 e. The Morgan fingerprint density at radius 1 is 1.16 bits per heavy atom. The fourth-order valence-corrected chi connectivity index (χ4v) is 2.48. The second-order valence-corrected chi connectivity index (χ2v) is 5.76. The monoisotopic (exact) mass is 406 g/mol. The van der Waals surface area contributed by atoms with Crippen molar-refractivity contribution >= 4 is 63.1 Å². The van der Waals surface area contributed by atoms with Crippen LogP contribution >= 0.6 is 45.8 Å². The molecule has 3 N–H and O–H groups in total. The Kier molecular flexibility index (Phi) is 4.54. The number of rotatable bonds is 2. The van der Waals surface area contributed by atoms with Crippen LogP contribution in [0.15, 0.2) is 36.4 Å². The summed E-state index contributed by atoms with van der Waals surface area (Å²) >= 11 is 14.0. The third kappa shape index (κ3) is 3.32. The van der Waals surface area contributed by atoms with Gasteiger partial charge in [0.15, 0.2) is 0 Å². The number of amides is 1. The van der Waals surface area contributed by atoms with Crippen molar-refractivity contribution in [3.8, 4) is 0 Å². The van der Waals surface area contributed by atoms with Crippen LogP contribution in [-0.4, -0.2) is 5.91 Å². The zero-order valence-corrected chi connectivity index (χ0v) is 13.3. The van der Waals surface area contributed by atoms with Crippen molar-refractivity contribution in [2.45, 2.75) is 0 Å². The standard InChI is InChI=1S/C13H9Cl2IN2O/c14-8-5-7(6-9(15)12(8)17)13(19)18-11-4-2-1-3-10(11)16/h1-6H,17H2,(H,18,19). The third-order valence-corrected chi connectivity index (χ3v) is 4.03. The summed E-state index contributed by atoms with van der Waals surface area (Å²) < 4.78 is 0.945. The lowest BCUT2D eigenvalue weighted by Gasteiger charge is -2.09. The topological polar surface area (TPSA) is 55.1 Å². The first-order valence-corrected chi connectivity index (χ1v) is 7.13. The van der Waals surface area contributed by atoms with Gasteiger partial charge in [-0.1, -0.05) is 35.3 Å². The van der Waals surface area contributed by atoms with Crippen LogP contribution in [0.3, 0.4) is 0 Å². The van der Waals surface area contributed by atoms with Crippen LogP contribution in [-0.2, 0) is 0 Å². The van der Waals surface area contributed by atoms with E-state index in [-0.39, 0.29) is 21.6 Å². The normalized spacial score (nSPS) is 10.3. The molecule has 3 nitrogen and oxygen atoms in total. The van der Waals surface area contributed by atoms with Crippen LogP contribution in [0.1, 0.15) is 10.4 Å². The lowest BCUT2D eigenvalue weighted by atomic mass is 10.2. The van der Waals surface area contributed by atoms with Gasteiger partial charge >= 0.3 is 0 Å². The number of hydrogen-bond acceptors (Lipinski definition) is 2. The minimum absolute atomic E-state index is 0.264. The Hall–Kier alpha value is -0.980. The Morgan fingerprint density at radius 3 is 2.32 bits per heavy atom. The first kappa shape index (κ1) is 14.4. The van der Waals surface area contributed by atoms with Crippen LogP contribution in [0.25, 0.3) is 0 Å². The minimum atomic E-state index is -0.284. The van der Waals surface area contributed by atoms with Crippen LogP contribution in [0, 0.1) is 3.57 Å². The van der Waals surface area contributed by atoms with Crippen molar-refractivity contribution in [3.63, 3.8) is 0 Å². The van der Waals surface area contributed by atoms with Crippen molar-refractivity contribution < 1.29 is 4.79 Å². The second-order valence-electron chi connectivity index (χ2n) is 3.79. The molecular weight excluding hydrogens is 398 g/mol. The molecule has 0 saturated heterocycles. The van der Waals surface area contributed by atoms with Gasteiger partial charge in [-0.25, -0.2) is 0 Å². The molecule has 0 radical (unpaired) electrons. The fraction of sp³-hybridized carbons (Fsp3) is 0. The number of hydrogen-bond donors (Lipinski definition) is 2. The van der Waals surface area contributed by atoms with Crippen LogP contribution in [0.4, 0.5) is 11.4 Å². The van der Waals surface area contributed by atoms with Gasteiger partial charge in [-0.05, 0) is 46.9 Å². The average Bonchev–Trinajstić information content (AvgIpc) is 2.38. The maximum absolute atomic E-state index is 12.1. The number of benzene rings is 2. The number of carbonyl (C=O) groups excluding carboxylic acids is 1. The Balaban J connectivity index is 2.28. The lowest BCUT2D eigenvalue weighted by Crippen LogP contribution is -2.13. The molecule has 0 aliphatic heterocycles. The van der Waals surface area contributed by atoms with E-state index in [1.165, 1.54) is 12.1 Å². The highest BCUT2D eigenvalue weighted by atomic mass is 127. The number of carbonyl (C=O) groups is 1. The van der Waals surface area contributed by atoms with Crippen LogP contribution in [0.5, 0.6) is 0 Å². The maximum atomic E-state index is 12.1. The third-order valence-electron chi connectivity index (χ3n) is 2.46. The second kappa shape index (κ2) is 5.98. The average molecular weight is 407 g/mol. The summed E-state index contributed by atoms with van der Waals surface area (Å²) in [5.74, 6) is -0.284.